The number of carbonyl (C=O) groups excluding carboxylic acids is 3. The first-order valence-corrected chi connectivity index (χ1v) is 11.3. The molecule has 1 aliphatic heterocycles. The van der Waals surface area contributed by atoms with Gasteiger partial charge in [0.25, 0.3) is 0 Å². The number of halogens is 3. The highest BCUT2D eigenvalue weighted by Crippen LogP contribution is 2.39. The molecule has 0 aromatic carbocycles. The molecule has 4 atom stereocenters. The average molecular weight is 517 g/mol. The molecule has 190 valence electrons. The quantitative estimate of drug-likeness (QED) is 0.451. The summed E-state index contributed by atoms with van der Waals surface area (Å²) in [7, 11) is 0. The predicted molar refractivity (Wildman–Crippen MR) is 115 cm³/mol. The Bertz CT molecular complexity index is 1110. The molecule has 2 aromatic rings. The maximum atomic E-state index is 13.4. The third kappa shape index (κ3) is 6.44. The normalized spacial score (nSPS) is 22.3. The number of carbonyl (C=O) groups is 3. The molecule has 0 unspecified atom stereocenters. The van der Waals surface area contributed by atoms with E-state index in [9.17, 15) is 27.6 Å². The molecule has 1 aliphatic rings. The van der Waals surface area contributed by atoms with Crippen LogP contribution in [-0.2, 0) is 34.8 Å². The van der Waals surface area contributed by atoms with Crippen LogP contribution in [0.5, 0.6) is 5.75 Å². The van der Waals surface area contributed by atoms with E-state index in [4.69, 9.17) is 18.9 Å². The second-order valence-electron chi connectivity index (χ2n) is 7.59. The first-order chi connectivity index (χ1) is 16.4. The minimum absolute atomic E-state index is 0.0680. The Morgan fingerprint density at radius 2 is 1.66 bits per heavy atom. The highest BCUT2D eigenvalue weighted by atomic mass is 32.2. The lowest BCUT2D eigenvalue weighted by atomic mass is 10.0. The smallest absolute Gasteiger partial charge is 0.435 e. The van der Waals surface area contributed by atoms with Crippen LogP contribution in [0.25, 0.3) is 11.1 Å². The lowest BCUT2D eigenvalue weighted by Gasteiger charge is -2.39. The number of esters is 3. The van der Waals surface area contributed by atoms with Crippen LogP contribution < -0.4 is 4.74 Å². The second kappa shape index (κ2) is 10.5. The maximum absolute atomic E-state index is 13.4. The van der Waals surface area contributed by atoms with Gasteiger partial charge in [-0.15, -0.1) is 11.8 Å². The van der Waals surface area contributed by atoms with Gasteiger partial charge in [0.1, 0.15) is 5.75 Å². The highest BCUT2D eigenvalue weighted by molar-refractivity contribution is 7.99. The van der Waals surface area contributed by atoms with Crippen molar-refractivity contribution in [3.05, 3.63) is 29.8 Å². The fourth-order valence-corrected chi connectivity index (χ4v) is 4.77. The molecule has 35 heavy (non-hydrogen) atoms. The zero-order valence-corrected chi connectivity index (χ0v) is 19.9. The number of aromatic amines is 1. The van der Waals surface area contributed by atoms with Crippen molar-refractivity contribution >= 4 is 29.7 Å². The molecular weight excluding hydrogens is 495 g/mol. The van der Waals surface area contributed by atoms with Gasteiger partial charge in [0, 0.05) is 49.5 Å². The number of H-pyrrole nitrogens is 1. The summed E-state index contributed by atoms with van der Waals surface area (Å²) in [4.78, 5) is 39.0. The van der Waals surface area contributed by atoms with E-state index in [1.807, 2.05) is 0 Å². The monoisotopic (exact) mass is 517 g/mol. The number of aryl methyl sites for hydroxylation is 1. The van der Waals surface area contributed by atoms with Gasteiger partial charge >= 0.3 is 24.1 Å². The van der Waals surface area contributed by atoms with Crippen LogP contribution in [0, 0.1) is 6.92 Å². The SMILES string of the molecule is CC(=O)O[C@@H]1[C@@H](OC(C)=O)[C@H](OC(C)=O)CS[C@H]1Oc1cncc(-c2c(C(F)(F)F)n[nH]c2C)c1. The standard InChI is InChI=1S/C21H22F3N3O7S/c1-9-16(19(27-26-9)21(22,23)24)13-5-14(7-25-6-13)34-20-18(33-12(4)30)17(32-11(3)29)15(8-35-20)31-10(2)28/h5-7,15,17-18,20H,8H2,1-4H3,(H,26,27)/t15-,17+,18-,20-/m1/s1. The summed E-state index contributed by atoms with van der Waals surface area (Å²) in [6, 6.07) is 1.34. The topological polar surface area (TPSA) is 130 Å². The molecule has 3 rings (SSSR count). The van der Waals surface area contributed by atoms with Crippen molar-refractivity contribution in [2.45, 2.75) is 57.6 Å². The summed E-state index contributed by atoms with van der Waals surface area (Å²) in [5.41, 5.74) is -1.96. The number of aromatic nitrogens is 3. The van der Waals surface area contributed by atoms with E-state index >= 15 is 0 Å². The van der Waals surface area contributed by atoms with E-state index < -0.39 is 53.5 Å². The van der Waals surface area contributed by atoms with Crippen LogP contribution in [0.2, 0.25) is 0 Å². The van der Waals surface area contributed by atoms with Crippen LogP contribution in [0.4, 0.5) is 13.2 Å². The van der Waals surface area contributed by atoms with E-state index in [-0.39, 0.29) is 28.3 Å². The van der Waals surface area contributed by atoms with Gasteiger partial charge in [-0.3, -0.25) is 24.5 Å². The van der Waals surface area contributed by atoms with Crippen LogP contribution in [0.1, 0.15) is 32.2 Å². The van der Waals surface area contributed by atoms with Crippen molar-refractivity contribution in [1.29, 1.82) is 0 Å². The van der Waals surface area contributed by atoms with Crippen LogP contribution in [0.15, 0.2) is 18.5 Å². The van der Waals surface area contributed by atoms with Gasteiger partial charge < -0.3 is 18.9 Å². The Morgan fingerprint density at radius 3 is 2.26 bits per heavy atom. The van der Waals surface area contributed by atoms with Crippen LogP contribution >= 0.6 is 11.8 Å². The van der Waals surface area contributed by atoms with Crippen molar-refractivity contribution in [2.75, 3.05) is 5.75 Å². The molecule has 1 saturated heterocycles. The Balaban J connectivity index is 1.93. The third-order valence-electron chi connectivity index (χ3n) is 4.77. The fraction of sp³-hybridized carbons (Fsp3) is 0.476. The largest absolute Gasteiger partial charge is 0.474 e. The number of ether oxygens (including phenoxy) is 4. The number of nitrogens with zero attached hydrogens (tertiary/aromatic N) is 2. The Morgan fingerprint density at radius 1 is 1.03 bits per heavy atom. The molecule has 3 heterocycles. The third-order valence-corrected chi connectivity index (χ3v) is 5.99. The number of nitrogens with one attached hydrogen (secondary N) is 1. The number of rotatable bonds is 6. The van der Waals surface area contributed by atoms with Gasteiger partial charge in [-0.05, 0) is 13.0 Å². The minimum atomic E-state index is -4.69. The van der Waals surface area contributed by atoms with Gasteiger partial charge in [-0.1, -0.05) is 0 Å². The summed E-state index contributed by atoms with van der Waals surface area (Å²) in [5.74, 6) is -1.83. The van der Waals surface area contributed by atoms with Crippen LogP contribution in [0.3, 0.4) is 0 Å². The number of hydrogen-bond acceptors (Lipinski definition) is 10. The second-order valence-corrected chi connectivity index (χ2v) is 8.73. The van der Waals surface area contributed by atoms with Gasteiger partial charge in [0.05, 0.1) is 6.20 Å². The van der Waals surface area contributed by atoms with Crippen molar-refractivity contribution < 1.29 is 46.5 Å². The molecule has 0 radical (unpaired) electrons. The van der Waals surface area contributed by atoms with E-state index in [1.165, 1.54) is 32.3 Å². The number of thioether (sulfide) groups is 1. The average Bonchev–Trinajstić information content (AvgIpc) is 3.13. The van der Waals surface area contributed by atoms with Gasteiger partial charge in [-0.2, -0.15) is 18.3 Å². The van der Waals surface area contributed by atoms with Crippen molar-refractivity contribution in [2.24, 2.45) is 0 Å². The number of hydrogen-bond donors (Lipinski definition) is 1. The molecule has 2 aromatic heterocycles. The lowest BCUT2D eigenvalue weighted by molar-refractivity contribution is -0.186. The van der Waals surface area contributed by atoms with E-state index in [2.05, 4.69) is 15.2 Å². The Labute approximate surface area is 201 Å². The summed E-state index contributed by atoms with van der Waals surface area (Å²) >= 11 is 1.11. The maximum Gasteiger partial charge on any atom is 0.435 e. The van der Waals surface area contributed by atoms with Gasteiger partial charge in [-0.25, -0.2) is 0 Å². The summed E-state index contributed by atoms with van der Waals surface area (Å²) in [5, 5.41) is 5.68. The molecule has 1 fully saturated rings. The molecule has 0 aliphatic carbocycles. The first-order valence-electron chi connectivity index (χ1n) is 10.2. The summed E-state index contributed by atoms with van der Waals surface area (Å²) in [6.45, 7) is 4.91. The minimum Gasteiger partial charge on any atom is -0.474 e. The van der Waals surface area contributed by atoms with Gasteiger partial charge in [0.2, 0.25) is 0 Å². The van der Waals surface area contributed by atoms with Crippen molar-refractivity contribution in [3.63, 3.8) is 0 Å². The van der Waals surface area contributed by atoms with E-state index in [0.29, 0.717) is 0 Å². The van der Waals surface area contributed by atoms with E-state index in [1.54, 1.807) is 0 Å². The zero-order valence-electron chi connectivity index (χ0n) is 19.0. The molecule has 0 bridgehead atoms. The van der Waals surface area contributed by atoms with Crippen molar-refractivity contribution in [1.82, 2.24) is 15.2 Å². The molecule has 0 saturated carbocycles. The van der Waals surface area contributed by atoms with E-state index in [0.717, 1.165) is 25.6 Å². The zero-order chi connectivity index (χ0) is 25.9. The summed E-state index contributed by atoms with van der Waals surface area (Å²) < 4.78 is 62.0. The molecule has 10 nitrogen and oxygen atoms in total. The predicted octanol–water partition coefficient (Wildman–Crippen LogP) is 3.05. The molecular formula is C21H22F3N3O7S. The molecule has 1 N–H and O–H groups in total. The molecule has 14 heteroatoms. The van der Waals surface area contributed by atoms with Crippen molar-refractivity contribution in [3.8, 4) is 16.9 Å². The number of pyridine rings is 1. The number of alkyl halides is 3. The molecule has 0 amide bonds. The Kier molecular flexibility index (Phi) is 7.93. The molecule has 0 spiro atoms. The van der Waals surface area contributed by atoms with Crippen LogP contribution in [-0.4, -0.2) is 62.6 Å². The highest BCUT2D eigenvalue weighted by Gasteiger charge is 2.47. The van der Waals surface area contributed by atoms with Gasteiger partial charge in [0.15, 0.2) is 29.4 Å². The fourth-order valence-electron chi connectivity index (χ4n) is 3.55. The lowest BCUT2D eigenvalue weighted by Crippen LogP contribution is -2.55. The summed E-state index contributed by atoms with van der Waals surface area (Å²) in [6.07, 6.45) is -5.47. The Hall–Kier alpha value is -3.29. The first kappa shape index (κ1) is 26.3.